The van der Waals surface area contributed by atoms with E-state index in [0.717, 1.165) is 32.6 Å². The lowest BCUT2D eigenvalue weighted by Crippen LogP contribution is -2.41. The van der Waals surface area contributed by atoms with Crippen LogP contribution < -0.4 is 0 Å². The first-order valence-corrected chi connectivity index (χ1v) is 12.0. The van der Waals surface area contributed by atoms with Crippen molar-refractivity contribution in [2.45, 2.75) is 38.1 Å². The van der Waals surface area contributed by atoms with E-state index in [0.29, 0.717) is 12.1 Å². The van der Waals surface area contributed by atoms with Crippen LogP contribution in [0, 0.1) is 0 Å². The summed E-state index contributed by atoms with van der Waals surface area (Å²) in [5.41, 5.74) is 5.57. The minimum atomic E-state index is 0.455. The van der Waals surface area contributed by atoms with Crippen LogP contribution in [-0.4, -0.2) is 28.4 Å². The van der Waals surface area contributed by atoms with E-state index < -0.39 is 0 Å². The van der Waals surface area contributed by atoms with Crippen molar-refractivity contribution >= 4 is 0 Å². The molecule has 1 heterocycles. The second-order valence-corrected chi connectivity index (χ2v) is 9.12. The third-order valence-corrected chi connectivity index (χ3v) is 6.64. The molecule has 0 bridgehead atoms. The van der Waals surface area contributed by atoms with Gasteiger partial charge in [-0.05, 0) is 28.7 Å². The average molecular weight is 433 g/mol. The van der Waals surface area contributed by atoms with Gasteiger partial charge in [-0.2, -0.15) is 0 Å². The van der Waals surface area contributed by atoms with Crippen molar-refractivity contribution in [2.75, 3.05) is 6.54 Å². The third-order valence-electron chi connectivity index (χ3n) is 6.64. The average Bonchev–Trinajstić information content (AvgIpc) is 3.63. The Morgan fingerprint density at radius 3 is 1.48 bits per heavy atom. The summed E-state index contributed by atoms with van der Waals surface area (Å²) in [7, 11) is 0. The molecule has 1 unspecified atom stereocenters. The maximum atomic E-state index is 2.70. The highest BCUT2D eigenvalue weighted by molar-refractivity contribution is 5.22. The summed E-state index contributed by atoms with van der Waals surface area (Å²) >= 11 is 0. The predicted molar refractivity (Wildman–Crippen MR) is 137 cm³/mol. The summed E-state index contributed by atoms with van der Waals surface area (Å²) in [6, 6.07) is 44.8. The molecule has 4 aromatic rings. The molecule has 0 saturated carbocycles. The number of nitrogens with zero attached hydrogens (tertiary/aromatic N) is 2. The normalized spacial score (nSPS) is 18.2. The van der Waals surface area contributed by atoms with Gasteiger partial charge in [0.15, 0.2) is 0 Å². The van der Waals surface area contributed by atoms with Crippen molar-refractivity contribution < 1.29 is 0 Å². The second-order valence-electron chi connectivity index (χ2n) is 9.12. The number of hydrogen-bond donors (Lipinski definition) is 0. The molecule has 0 amide bonds. The highest BCUT2D eigenvalue weighted by atomic mass is 15.4. The first-order chi connectivity index (χ1) is 16.3. The van der Waals surface area contributed by atoms with Gasteiger partial charge in [-0.25, -0.2) is 0 Å². The van der Waals surface area contributed by atoms with Crippen molar-refractivity contribution in [3.05, 3.63) is 144 Å². The SMILES string of the molecule is c1ccc(C[C@@H]([C@@H]2CN2Cc2ccccc2)N(Cc2ccccc2)Cc2ccccc2)cc1. The molecule has 0 N–H and O–H groups in total. The molecule has 2 nitrogen and oxygen atoms in total. The summed E-state index contributed by atoms with van der Waals surface area (Å²) in [4.78, 5) is 5.33. The molecule has 1 fully saturated rings. The van der Waals surface area contributed by atoms with Gasteiger partial charge >= 0.3 is 0 Å². The molecule has 0 aromatic heterocycles. The van der Waals surface area contributed by atoms with Gasteiger partial charge in [-0.1, -0.05) is 121 Å². The van der Waals surface area contributed by atoms with Crippen LogP contribution in [-0.2, 0) is 26.1 Å². The van der Waals surface area contributed by atoms with Crippen LogP contribution in [0.15, 0.2) is 121 Å². The Kier molecular flexibility index (Phi) is 6.96. The van der Waals surface area contributed by atoms with Crippen molar-refractivity contribution in [3.8, 4) is 0 Å². The third kappa shape index (κ3) is 5.98. The summed E-state index contributed by atoms with van der Waals surface area (Å²) in [6.45, 7) is 4.11. The van der Waals surface area contributed by atoms with Crippen molar-refractivity contribution in [1.82, 2.24) is 9.80 Å². The highest BCUT2D eigenvalue weighted by Crippen LogP contribution is 2.31. The van der Waals surface area contributed by atoms with E-state index in [1.165, 1.54) is 22.3 Å². The van der Waals surface area contributed by atoms with Crippen LogP contribution >= 0.6 is 0 Å². The molecule has 1 saturated heterocycles. The van der Waals surface area contributed by atoms with Crippen LogP contribution in [0.5, 0.6) is 0 Å². The first-order valence-electron chi connectivity index (χ1n) is 12.0. The lowest BCUT2D eigenvalue weighted by molar-refractivity contribution is 0.159. The maximum Gasteiger partial charge on any atom is 0.0386 e. The lowest BCUT2D eigenvalue weighted by atomic mass is 9.99. The molecule has 3 atom stereocenters. The van der Waals surface area contributed by atoms with Crippen molar-refractivity contribution in [1.29, 1.82) is 0 Å². The van der Waals surface area contributed by atoms with Crippen LogP contribution in [0.25, 0.3) is 0 Å². The fraction of sp³-hybridized carbons (Fsp3) is 0.226. The van der Waals surface area contributed by atoms with Gasteiger partial charge in [0.2, 0.25) is 0 Å². The molecule has 4 aromatic carbocycles. The lowest BCUT2D eigenvalue weighted by Gasteiger charge is -2.33. The molecular formula is C31H32N2. The largest absolute Gasteiger partial charge is 0.292 e. The topological polar surface area (TPSA) is 6.25 Å². The Hall–Kier alpha value is -3.20. The molecule has 0 radical (unpaired) electrons. The molecule has 1 aliphatic heterocycles. The summed E-state index contributed by atoms with van der Waals surface area (Å²) in [5.74, 6) is 0. The zero-order valence-corrected chi connectivity index (χ0v) is 19.1. The summed E-state index contributed by atoms with van der Waals surface area (Å²) < 4.78 is 0. The zero-order chi connectivity index (χ0) is 22.3. The molecule has 0 aliphatic carbocycles. The first kappa shape index (κ1) is 21.6. The molecule has 0 spiro atoms. The van der Waals surface area contributed by atoms with E-state index >= 15 is 0 Å². The van der Waals surface area contributed by atoms with Crippen LogP contribution in [0.1, 0.15) is 22.3 Å². The Labute approximate surface area is 198 Å². The minimum Gasteiger partial charge on any atom is -0.292 e. The molecule has 166 valence electrons. The summed E-state index contributed by atoms with van der Waals surface area (Å²) in [6.07, 6.45) is 1.07. The monoisotopic (exact) mass is 432 g/mol. The standard InChI is InChI=1S/C31H32N2/c1-5-13-26(14-6-1)21-30(31-25-33(31)24-29-19-11-4-12-20-29)32(22-27-15-7-2-8-16-27)23-28-17-9-3-10-18-28/h1-20,30-31H,21-25H2/t30-,31-,33?/m0/s1. The van der Waals surface area contributed by atoms with E-state index in [4.69, 9.17) is 0 Å². The molecule has 2 heteroatoms. The van der Waals surface area contributed by atoms with Gasteiger partial charge < -0.3 is 0 Å². The van der Waals surface area contributed by atoms with E-state index in [9.17, 15) is 0 Å². The highest BCUT2D eigenvalue weighted by Gasteiger charge is 2.42. The molecule has 5 rings (SSSR count). The van der Waals surface area contributed by atoms with Crippen LogP contribution in [0.4, 0.5) is 0 Å². The molecular weight excluding hydrogens is 400 g/mol. The van der Waals surface area contributed by atoms with Gasteiger partial charge in [-0.3, -0.25) is 9.80 Å². The zero-order valence-electron chi connectivity index (χ0n) is 19.1. The summed E-state index contributed by atoms with van der Waals surface area (Å²) in [5, 5.41) is 0. The Morgan fingerprint density at radius 1 is 0.576 bits per heavy atom. The van der Waals surface area contributed by atoms with Gasteiger partial charge in [0.25, 0.3) is 0 Å². The molecule has 33 heavy (non-hydrogen) atoms. The number of benzene rings is 4. The number of hydrogen-bond acceptors (Lipinski definition) is 2. The minimum absolute atomic E-state index is 0.455. The fourth-order valence-corrected chi connectivity index (χ4v) is 4.85. The van der Waals surface area contributed by atoms with Crippen molar-refractivity contribution in [2.24, 2.45) is 0 Å². The van der Waals surface area contributed by atoms with E-state index in [2.05, 4.69) is 131 Å². The Balaban J connectivity index is 1.41. The van der Waals surface area contributed by atoms with E-state index in [1.807, 2.05) is 0 Å². The van der Waals surface area contributed by atoms with Gasteiger partial charge in [0, 0.05) is 38.3 Å². The molecule has 1 aliphatic rings. The second kappa shape index (κ2) is 10.6. The quantitative estimate of drug-likeness (QED) is 0.276. The van der Waals surface area contributed by atoms with E-state index in [-0.39, 0.29) is 0 Å². The van der Waals surface area contributed by atoms with Gasteiger partial charge in [-0.15, -0.1) is 0 Å². The Morgan fingerprint density at radius 2 is 1.00 bits per heavy atom. The van der Waals surface area contributed by atoms with Crippen LogP contribution in [0.2, 0.25) is 0 Å². The van der Waals surface area contributed by atoms with Crippen molar-refractivity contribution in [3.63, 3.8) is 0 Å². The number of rotatable bonds is 10. The van der Waals surface area contributed by atoms with Crippen LogP contribution in [0.3, 0.4) is 0 Å². The Bertz CT molecular complexity index is 1060. The fourth-order valence-electron chi connectivity index (χ4n) is 4.85. The van der Waals surface area contributed by atoms with Gasteiger partial charge in [0.05, 0.1) is 0 Å². The van der Waals surface area contributed by atoms with Gasteiger partial charge in [0.1, 0.15) is 0 Å². The van der Waals surface area contributed by atoms with E-state index in [1.54, 1.807) is 0 Å². The predicted octanol–water partition coefficient (Wildman–Crippen LogP) is 6.18. The maximum absolute atomic E-state index is 2.70. The smallest absolute Gasteiger partial charge is 0.0386 e.